The van der Waals surface area contributed by atoms with E-state index in [0.29, 0.717) is 5.82 Å². The maximum absolute atomic E-state index is 11.9. The predicted octanol–water partition coefficient (Wildman–Crippen LogP) is -0.393. The lowest BCUT2D eigenvalue weighted by Crippen LogP contribution is -2.56. The molecule has 1 aliphatic rings. The molecule has 1 aromatic heterocycles. The van der Waals surface area contributed by atoms with Crippen LogP contribution in [0.25, 0.3) is 0 Å². The van der Waals surface area contributed by atoms with E-state index in [9.17, 15) is 4.79 Å². The van der Waals surface area contributed by atoms with Crippen LogP contribution in [0.2, 0.25) is 0 Å². The molecule has 2 rings (SSSR count). The number of rotatable bonds is 2. The zero-order valence-electron chi connectivity index (χ0n) is 7.74. The fraction of sp³-hybridized carbons (Fsp3) is 0.625. The maximum atomic E-state index is 11.9. The van der Waals surface area contributed by atoms with Crippen LogP contribution < -0.4 is 5.32 Å². The van der Waals surface area contributed by atoms with Crippen LogP contribution in [0.3, 0.4) is 0 Å². The molecule has 5 nitrogen and oxygen atoms in total. The fourth-order valence-corrected chi connectivity index (χ4v) is 1.43. The minimum Gasteiger partial charge on any atom is -0.315 e. The molecule has 0 amide bonds. The van der Waals surface area contributed by atoms with Crippen molar-refractivity contribution in [2.45, 2.75) is 6.92 Å². The standard InChI is InChI=1S/C8H12N4O/c1-8(3-9-4-8)6(13)7-10-5-11-12(7)2/h5,9H,3-4H2,1-2H3. The van der Waals surface area contributed by atoms with Crippen molar-refractivity contribution in [1.82, 2.24) is 20.1 Å². The number of carbonyl (C=O) groups is 1. The van der Waals surface area contributed by atoms with Crippen molar-refractivity contribution >= 4 is 5.78 Å². The summed E-state index contributed by atoms with van der Waals surface area (Å²) < 4.78 is 1.52. The Bertz CT molecular complexity index is 340. The summed E-state index contributed by atoms with van der Waals surface area (Å²) in [4.78, 5) is 15.8. The number of hydrogen-bond acceptors (Lipinski definition) is 4. The van der Waals surface area contributed by atoms with Gasteiger partial charge >= 0.3 is 0 Å². The van der Waals surface area contributed by atoms with Crippen LogP contribution in [0.15, 0.2) is 6.33 Å². The van der Waals surface area contributed by atoms with Crippen LogP contribution in [-0.2, 0) is 7.05 Å². The van der Waals surface area contributed by atoms with Gasteiger partial charge in [0.25, 0.3) is 0 Å². The van der Waals surface area contributed by atoms with E-state index in [1.807, 2.05) is 6.92 Å². The maximum Gasteiger partial charge on any atom is 0.208 e. The lowest BCUT2D eigenvalue weighted by molar-refractivity contribution is 0.0705. The Morgan fingerprint density at radius 3 is 2.77 bits per heavy atom. The van der Waals surface area contributed by atoms with E-state index in [4.69, 9.17) is 0 Å². The van der Waals surface area contributed by atoms with Gasteiger partial charge in [0.05, 0.1) is 5.41 Å². The third-order valence-corrected chi connectivity index (χ3v) is 2.49. The van der Waals surface area contributed by atoms with Crippen molar-refractivity contribution < 1.29 is 4.79 Å². The summed E-state index contributed by atoms with van der Waals surface area (Å²) in [5.41, 5.74) is -0.277. The van der Waals surface area contributed by atoms with Gasteiger partial charge in [-0.3, -0.25) is 4.79 Å². The molecule has 0 radical (unpaired) electrons. The molecule has 5 heteroatoms. The summed E-state index contributed by atoms with van der Waals surface area (Å²) in [5, 5.41) is 6.96. The minimum absolute atomic E-state index is 0.0752. The van der Waals surface area contributed by atoms with Crippen molar-refractivity contribution in [2.24, 2.45) is 12.5 Å². The molecule has 0 bridgehead atoms. The quantitative estimate of drug-likeness (QED) is 0.629. The summed E-state index contributed by atoms with van der Waals surface area (Å²) in [6.45, 7) is 3.41. The van der Waals surface area contributed by atoms with E-state index in [1.165, 1.54) is 11.0 Å². The second-order valence-corrected chi connectivity index (χ2v) is 3.70. The Labute approximate surface area is 76.2 Å². The monoisotopic (exact) mass is 180 g/mol. The molecule has 0 aromatic carbocycles. The molecule has 70 valence electrons. The van der Waals surface area contributed by atoms with Gasteiger partial charge in [-0.2, -0.15) is 5.10 Å². The van der Waals surface area contributed by atoms with Gasteiger partial charge in [0, 0.05) is 20.1 Å². The van der Waals surface area contributed by atoms with Gasteiger partial charge in [0.1, 0.15) is 6.33 Å². The van der Waals surface area contributed by atoms with E-state index >= 15 is 0 Å². The molecule has 1 N–H and O–H groups in total. The topological polar surface area (TPSA) is 59.8 Å². The van der Waals surface area contributed by atoms with Crippen molar-refractivity contribution in [3.05, 3.63) is 12.2 Å². The molecule has 0 aliphatic carbocycles. The van der Waals surface area contributed by atoms with Gasteiger partial charge in [-0.05, 0) is 6.92 Å². The van der Waals surface area contributed by atoms with E-state index in [2.05, 4.69) is 15.4 Å². The molecule has 1 aromatic rings. The highest BCUT2D eigenvalue weighted by molar-refractivity contribution is 5.98. The minimum atomic E-state index is -0.277. The van der Waals surface area contributed by atoms with Crippen LogP contribution in [0.5, 0.6) is 0 Å². The zero-order chi connectivity index (χ0) is 9.47. The predicted molar refractivity (Wildman–Crippen MR) is 46.3 cm³/mol. The number of aromatic nitrogens is 3. The average molecular weight is 180 g/mol. The smallest absolute Gasteiger partial charge is 0.208 e. The summed E-state index contributed by atoms with van der Waals surface area (Å²) >= 11 is 0. The second-order valence-electron chi connectivity index (χ2n) is 3.70. The van der Waals surface area contributed by atoms with Gasteiger partial charge in [-0.25, -0.2) is 9.67 Å². The zero-order valence-corrected chi connectivity index (χ0v) is 7.74. The number of carbonyl (C=O) groups excluding carboxylic acids is 1. The van der Waals surface area contributed by atoms with E-state index in [1.54, 1.807) is 7.05 Å². The number of Topliss-reactive ketones (excluding diaryl/α,β-unsaturated/α-hetero) is 1. The molecule has 0 atom stereocenters. The van der Waals surface area contributed by atoms with Crippen LogP contribution in [0, 0.1) is 5.41 Å². The Morgan fingerprint density at radius 1 is 1.69 bits per heavy atom. The fourth-order valence-electron chi connectivity index (χ4n) is 1.43. The Hall–Kier alpha value is -1.23. The third kappa shape index (κ3) is 1.16. The van der Waals surface area contributed by atoms with Crippen molar-refractivity contribution in [1.29, 1.82) is 0 Å². The highest BCUT2D eigenvalue weighted by Crippen LogP contribution is 2.25. The number of nitrogens with one attached hydrogen (secondary N) is 1. The second kappa shape index (κ2) is 2.63. The highest BCUT2D eigenvalue weighted by atomic mass is 16.1. The summed E-state index contributed by atoms with van der Waals surface area (Å²) in [7, 11) is 1.73. The van der Waals surface area contributed by atoms with Crippen molar-refractivity contribution in [3.63, 3.8) is 0 Å². The molecule has 0 unspecified atom stereocenters. The largest absolute Gasteiger partial charge is 0.315 e. The average Bonchev–Trinajstić information content (AvgIpc) is 2.46. The van der Waals surface area contributed by atoms with E-state index in [-0.39, 0.29) is 11.2 Å². The first-order chi connectivity index (χ1) is 6.13. The normalized spacial score (nSPS) is 19.5. The molecule has 13 heavy (non-hydrogen) atoms. The number of hydrogen-bond donors (Lipinski definition) is 1. The molecule has 2 heterocycles. The lowest BCUT2D eigenvalue weighted by Gasteiger charge is -2.36. The molecule has 1 saturated heterocycles. The van der Waals surface area contributed by atoms with Crippen LogP contribution in [0.4, 0.5) is 0 Å². The third-order valence-electron chi connectivity index (χ3n) is 2.49. The van der Waals surface area contributed by atoms with Crippen molar-refractivity contribution in [2.75, 3.05) is 13.1 Å². The summed E-state index contributed by atoms with van der Waals surface area (Å²) in [6.07, 6.45) is 1.41. The summed E-state index contributed by atoms with van der Waals surface area (Å²) in [5.74, 6) is 0.523. The first-order valence-corrected chi connectivity index (χ1v) is 4.23. The SMILES string of the molecule is Cn1ncnc1C(=O)C1(C)CNC1. The Morgan fingerprint density at radius 2 is 2.38 bits per heavy atom. The first kappa shape index (κ1) is 8.37. The van der Waals surface area contributed by atoms with Gasteiger partial charge in [-0.1, -0.05) is 0 Å². The summed E-state index contributed by atoms with van der Waals surface area (Å²) in [6, 6.07) is 0. The highest BCUT2D eigenvalue weighted by Gasteiger charge is 2.41. The molecular formula is C8H12N4O. The van der Waals surface area contributed by atoms with E-state index < -0.39 is 0 Å². The number of nitrogens with zero attached hydrogens (tertiary/aromatic N) is 3. The Kier molecular flexibility index (Phi) is 1.69. The molecule has 1 aliphatic heterocycles. The number of ketones is 1. The van der Waals surface area contributed by atoms with Crippen LogP contribution >= 0.6 is 0 Å². The Balaban J connectivity index is 2.27. The molecular weight excluding hydrogens is 168 g/mol. The van der Waals surface area contributed by atoms with Crippen LogP contribution in [0.1, 0.15) is 17.5 Å². The number of aryl methyl sites for hydroxylation is 1. The molecule has 1 fully saturated rings. The lowest BCUT2D eigenvalue weighted by atomic mass is 9.79. The van der Waals surface area contributed by atoms with Gasteiger partial charge < -0.3 is 5.32 Å². The van der Waals surface area contributed by atoms with Gasteiger partial charge in [-0.15, -0.1) is 0 Å². The van der Waals surface area contributed by atoms with Gasteiger partial charge in [0.15, 0.2) is 5.82 Å². The molecule has 0 spiro atoms. The molecule has 0 saturated carbocycles. The van der Waals surface area contributed by atoms with Gasteiger partial charge in [0.2, 0.25) is 5.78 Å². The van der Waals surface area contributed by atoms with E-state index in [0.717, 1.165) is 13.1 Å². The first-order valence-electron chi connectivity index (χ1n) is 4.23. The van der Waals surface area contributed by atoms with Crippen LogP contribution in [-0.4, -0.2) is 33.6 Å². The van der Waals surface area contributed by atoms with Crippen molar-refractivity contribution in [3.8, 4) is 0 Å².